The number of aromatic nitrogens is 4. The summed E-state index contributed by atoms with van der Waals surface area (Å²) < 4.78 is 7.36. The molecule has 120 valence electrons. The minimum atomic E-state index is 0.592. The number of fused-ring (bicyclic) bond motifs is 2. The van der Waals surface area contributed by atoms with Crippen LogP contribution in [0.15, 0.2) is 35.0 Å². The molecule has 0 atom stereocenters. The van der Waals surface area contributed by atoms with Crippen molar-refractivity contribution in [3.63, 3.8) is 0 Å². The molecule has 0 radical (unpaired) electrons. The van der Waals surface area contributed by atoms with Crippen LogP contribution in [0, 0.1) is 0 Å². The van der Waals surface area contributed by atoms with Gasteiger partial charge in [0, 0.05) is 36.0 Å². The topological polar surface area (TPSA) is 68.8 Å². The number of rotatable bonds is 2. The van der Waals surface area contributed by atoms with Gasteiger partial charge in [0.2, 0.25) is 5.82 Å². The van der Waals surface area contributed by atoms with Crippen LogP contribution in [0.1, 0.15) is 10.4 Å². The van der Waals surface area contributed by atoms with Crippen molar-refractivity contribution in [3.05, 3.63) is 40.9 Å². The summed E-state index contributed by atoms with van der Waals surface area (Å²) in [7, 11) is 1.93. The zero-order valence-electron chi connectivity index (χ0n) is 13.1. The number of hydrogen-bond acceptors (Lipinski definition) is 6. The molecule has 0 saturated carbocycles. The average Bonchev–Trinajstić information content (AvgIpc) is 3.32. The van der Waals surface area contributed by atoms with E-state index in [-0.39, 0.29) is 0 Å². The summed E-state index contributed by atoms with van der Waals surface area (Å²) in [6, 6.07) is 8.24. The third kappa shape index (κ3) is 2.16. The van der Waals surface area contributed by atoms with Crippen molar-refractivity contribution in [1.29, 1.82) is 0 Å². The second-order valence-corrected chi connectivity index (χ2v) is 7.09. The number of nitrogens with zero attached hydrogens (tertiary/aromatic N) is 4. The average molecular weight is 337 g/mol. The maximum atomic E-state index is 5.51. The van der Waals surface area contributed by atoms with Gasteiger partial charge in [-0.1, -0.05) is 17.3 Å². The molecule has 0 aliphatic carbocycles. The Morgan fingerprint density at radius 3 is 3.17 bits per heavy atom. The van der Waals surface area contributed by atoms with Crippen molar-refractivity contribution in [2.75, 3.05) is 6.54 Å². The third-order valence-corrected chi connectivity index (χ3v) is 5.61. The normalized spacial score (nSPS) is 14.2. The Bertz CT molecular complexity index is 1020. The van der Waals surface area contributed by atoms with Crippen LogP contribution >= 0.6 is 11.3 Å². The molecule has 6 nitrogen and oxygen atoms in total. The molecule has 1 aromatic carbocycles. The first-order chi connectivity index (χ1) is 11.8. The summed E-state index contributed by atoms with van der Waals surface area (Å²) >= 11 is 1.75. The van der Waals surface area contributed by atoms with Crippen molar-refractivity contribution < 1.29 is 4.52 Å². The summed E-state index contributed by atoms with van der Waals surface area (Å²) in [4.78, 5) is 7.06. The van der Waals surface area contributed by atoms with E-state index in [0.29, 0.717) is 11.7 Å². The van der Waals surface area contributed by atoms with E-state index in [0.717, 1.165) is 40.9 Å². The molecule has 0 saturated heterocycles. The van der Waals surface area contributed by atoms with Gasteiger partial charge in [-0.05, 0) is 24.1 Å². The molecule has 3 aromatic heterocycles. The Morgan fingerprint density at radius 1 is 1.29 bits per heavy atom. The first-order valence-electron chi connectivity index (χ1n) is 7.86. The highest BCUT2D eigenvalue weighted by Crippen LogP contribution is 2.33. The maximum absolute atomic E-state index is 5.51. The quantitative estimate of drug-likeness (QED) is 0.609. The van der Waals surface area contributed by atoms with Crippen LogP contribution < -0.4 is 5.32 Å². The largest absolute Gasteiger partial charge is 0.333 e. The Kier molecular flexibility index (Phi) is 3.04. The van der Waals surface area contributed by atoms with Gasteiger partial charge in [0.05, 0.1) is 16.6 Å². The first kappa shape index (κ1) is 13.9. The fourth-order valence-corrected chi connectivity index (χ4v) is 4.19. The van der Waals surface area contributed by atoms with Crippen molar-refractivity contribution in [3.8, 4) is 22.2 Å². The van der Waals surface area contributed by atoms with Gasteiger partial charge in [-0.25, -0.2) is 0 Å². The second kappa shape index (κ2) is 5.25. The van der Waals surface area contributed by atoms with E-state index in [1.165, 1.54) is 10.4 Å². The van der Waals surface area contributed by atoms with E-state index in [1.54, 1.807) is 11.3 Å². The van der Waals surface area contributed by atoms with E-state index in [2.05, 4.69) is 26.6 Å². The SMILES string of the molecule is Cn1ncc2ccc(-c3noc(-c4cc5c(s4)CCNC5)n3)cc21. The highest BCUT2D eigenvalue weighted by molar-refractivity contribution is 7.15. The fourth-order valence-electron chi connectivity index (χ4n) is 3.08. The Morgan fingerprint density at radius 2 is 2.25 bits per heavy atom. The van der Waals surface area contributed by atoms with Gasteiger partial charge in [0.1, 0.15) is 0 Å². The lowest BCUT2D eigenvalue weighted by Gasteiger charge is -2.10. The van der Waals surface area contributed by atoms with Gasteiger partial charge in [0.15, 0.2) is 0 Å². The smallest absolute Gasteiger partial charge is 0.268 e. The summed E-state index contributed by atoms with van der Waals surface area (Å²) in [6.07, 6.45) is 2.92. The van der Waals surface area contributed by atoms with Crippen LogP contribution in [0.3, 0.4) is 0 Å². The Balaban J connectivity index is 1.53. The van der Waals surface area contributed by atoms with Crippen LogP contribution in [-0.2, 0) is 20.0 Å². The van der Waals surface area contributed by atoms with E-state index in [4.69, 9.17) is 4.52 Å². The maximum Gasteiger partial charge on any atom is 0.268 e. The monoisotopic (exact) mass is 337 g/mol. The highest BCUT2D eigenvalue weighted by Gasteiger charge is 2.18. The first-order valence-corrected chi connectivity index (χ1v) is 8.68. The van der Waals surface area contributed by atoms with Crippen LogP contribution in [-0.4, -0.2) is 26.5 Å². The summed E-state index contributed by atoms with van der Waals surface area (Å²) in [6.45, 7) is 1.96. The molecule has 0 spiro atoms. The van der Waals surface area contributed by atoms with Crippen molar-refractivity contribution in [2.24, 2.45) is 7.05 Å². The molecule has 7 heteroatoms. The minimum Gasteiger partial charge on any atom is -0.333 e. The Hall–Kier alpha value is -2.51. The second-order valence-electron chi connectivity index (χ2n) is 5.95. The molecule has 0 fully saturated rings. The molecule has 0 bridgehead atoms. The van der Waals surface area contributed by atoms with Crippen LogP contribution in [0.2, 0.25) is 0 Å². The molecular weight excluding hydrogens is 322 g/mol. The molecule has 4 heterocycles. The third-order valence-electron chi connectivity index (χ3n) is 4.39. The van der Waals surface area contributed by atoms with Gasteiger partial charge in [-0.2, -0.15) is 10.1 Å². The minimum absolute atomic E-state index is 0.592. The summed E-state index contributed by atoms with van der Waals surface area (Å²) in [5.41, 5.74) is 3.33. The number of benzene rings is 1. The highest BCUT2D eigenvalue weighted by atomic mass is 32.1. The van der Waals surface area contributed by atoms with Gasteiger partial charge in [0.25, 0.3) is 5.89 Å². The van der Waals surface area contributed by atoms with Crippen molar-refractivity contribution in [2.45, 2.75) is 13.0 Å². The van der Waals surface area contributed by atoms with Gasteiger partial charge in [-0.15, -0.1) is 11.3 Å². The molecule has 0 unspecified atom stereocenters. The lowest BCUT2D eigenvalue weighted by molar-refractivity contribution is 0.433. The molecule has 0 amide bonds. The molecule has 4 aromatic rings. The van der Waals surface area contributed by atoms with Gasteiger partial charge < -0.3 is 9.84 Å². The van der Waals surface area contributed by atoms with E-state index >= 15 is 0 Å². The summed E-state index contributed by atoms with van der Waals surface area (Å²) in [5, 5.41) is 12.9. The number of nitrogens with one attached hydrogen (secondary N) is 1. The zero-order valence-corrected chi connectivity index (χ0v) is 13.9. The predicted octanol–water partition coefficient (Wildman–Crippen LogP) is 3.00. The number of hydrogen-bond donors (Lipinski definition) is 1. The zero-order chi connectivity index (χ0) is 16.1. The molecule has 1 aliphatic rings. The molecule has 1 N–H and O–H groups in total. The van der Waals surface area contributed by atoms with Gasteiger partial charge in [-0.3, -0.25) is 4.68 Å². The predicted molar refractivity (Wildman–Crippen MR) is 92.7 cm³/mol. The number of thiophene rings is 1. The Labute approximate surface area is 142 Å². The fraction of sp³-hybridized carbons (Fsp3) is 0.235. The van der Waals surface area contributed by atoms with Crippen LogP contribution in [0.25, 0.3) is 33.1 Å². The standard InChI is InChI=1S/C17H15N5OS/c1-22-13-6-10(2-3-11(13)9-19-22)16-20-17(23-21-16)15-7-12-8-18-5-4-14(12)24-15/h2-3,6-7,9,18H,4-5,8H2,1H3. The van der Waals surface area contributed by atoms with Crippen LogP contribution in [0.5, 0.6) is 0 Å². The van der Waals surface area contributed by atoms with Gasteiger partial charge >= 0.3 is 0 Å². The van der Waals surface area contributed by atoms with Crippen molar-refractivity contribution >= 4 is 22.2 Å². The molecule has 1 aliphatic heterocycles. The summed E-state index contributed by atoms with van der Waals surface area (Å²) in [5.74, 6) is 1.20. The van der Waals surface area contributed by atoms with E-state index < -0.39 is 0 Å². The molecule has 5 rings (SSSR count). The molecular formula is C17H15N5OS. The lowest BCUT2D eigenvalue weighted by atomic mass is 10.1. The van der Waals surface area contributed by atoms with E-state index in [1.807, 2.05) is 36.1 Å². The van der Waals surface area contributed by atoms with E-state index in [9.17, 15) is 0 Å². The van der Waals surface area contributed by atoms with Crippen LogP contribution in [0.4, 0.5) is 0 Å². The van der Waals surface area contributed by atoms with Crippen molar-refractivity contribution in [1.82, 2.24) is 25.2 Å². The lowest BCUT2D eigenvalue weighted by Crippen LogP contribution is -2.21. The number of aryl methyl sites for hydroxylation is 1. The molecule has 24 heavy (non-hydrogen) atoms.